The molecule has 0 aromatic heterocycles. The minimum absolute atomic E-state index is 0.000940. The van der Waals surface area contributed by atoms with E-state index in [1.165, 1.54) is 0 Å². The summed E-state index contributed by atoms with van der Waals surface area (Å²) in [6, 6.07) is 31.2. The second-order valence-corrected chi connectivity index (χ2v) is 8.74. The molecular formula is C30H21ClN2O4. The van der Waals surface area contributed by atoms with Gasteiger partial charge in [0.2, 0.25) is 5.88 Å². The molecule has 1 aliphatic rings. The highest BCUT2D eigenvalue weighted by Crippen LogP contribution is 2.43. The van der Waals surface area contributed by atoms with Crippen molar-refractivity contribution < 1.29 is 19.0 Å². The Balaban J connectivity index is 1.39. The van der Waals surface area contributed by atoms with E-state index in [2.05, 4.69) is 6.07 Å². The molecule has 2 N–H and O–H groups in total. The second-order valence-electron chi connectivity index (χ2n) is 8.34. The minimum atomic E-state index is -0.592. The van der Waals surface area contributed by atoms with Crippen LogP contribution in [0, 0.1) is 11.3 Å². The average molecular weight is 509 g/mol. The molecule has 1 aliphatic heterocycles. The van der Waals surface area contributed by atoms with E-state index in [1.807, 2.05) is 54.6 Å². The SMILES string of the molecule is N#CC1=C(N)Oc2cc(OC(=O)c3ccccc3Cl)ccc2C1c1ccc(OCc2ccccc2)cc1. The highest BCUT2D eigenvalue weighted by Gasteiger charge is 2.31. The van der Waals surface area contributed by atoms with Crippen LogP contribution in [0.15, 0.2) is 109 Å². The Bertz CT molecular complexity index is 1530. The number of nitrogens with zero attached hydrogens (tertiary/aromatic N) is 1. The fraction of sp³-hybridized carbons (Fsp3) is 0.0667. The quantitative estimate of drug-likeness (QED) is 0.240. The molecule has 0 amide bonds. The van der Waals surface area contributed by atoms with Crippen molar-refractivity contribution >= 4 is 17.6 Å². The molecule has 1 atom stereocenters. The predicted molar refractivity (Wildman–Crippen MR) is 139 cm³/mol. The molecule has 4 aromatic carbocycles. The van der Waals surface area contributed by atoms with Crippen molar-refractivity contribution in [2.75, 3.05) is 0 Å². The molecule has 0 spiro atoms. The van der Waals surface area contributed by atoms with Gasteiger partial charge in [-0.25, -0.2) is 4.79 Å². The summed E-state index contributed by atoms with van der Waals surface area (Å²) in [7, 11) is 0. The molecule has 0 fully saturated rings. The minimum Gasteiger partial charge on any atom is -0.489 e. The Hall–Kier alpha value is -4.73. The van der Waals surface area contributed by atoms with Crippen molar-refractivity contribution in [1.29, 1.82) is 5.26 Å². The molecule has 0 aliphatic carbocycles. The number of benzene rings is 4. The zero-order chi connectivity index (χ0) is 25.8. The number of hydrogen-bond acceptors (Lipinski definition) is 6. The second kappa shape index (κ2) is 10.5. The number of nitrogens with two attached hydrogens (primary N) is 1. The predicted octanol–water partition coefficient (Wildman–Crippen LogP) is 6.36. The van der Waals surface area contributed by atoms with Crippen LogP contribution in [-0.4, -0.2) is 5.97 Å². The monoisotopic (exact) mass is 508 g/mol. The van der Waals surface area contributed by atoms with Gasteiger partial charge in [-0.05, 0) is 41.5 Å². The molecule has 5 rings (SSSR count). The Morgan fingerprint density at radius 1 is 0.946 bits per heavy atom. The third-order valence-electron chi connectivity index (χ3n) is 5.96. The van der Waals surface area contributed by atoms with Gasteiger partial charge < -0.3 is 19.9 Å². The number of rotatable bonds is 6. The van der Waals surface area contributed by atoms with Crippen LogP contribution < -0.4 is 19.9 Å². The van der Waals surface area contributed by atoms with E-state index >= 15 is 0 Å². The van der Waals surface area contributed by atoms with E-state index in [0.29, 0.717) is 28.7 Å². The molecule has 37 heavy (non-hydrogen) atoms. The van der Waals surface area contributed by atoms with E-state index in [-0.39, 0.29) is 17.2 Å². The van der Waals surface area contributed by atoms with Gasteiger partial charge in [0.25, 0.3) is 0 Å². The van der Waals surface area contributed by atoms with E-state index in [0.717, 1.165) is 16.7 Å². The van der Waals surface area contributed by atoms with Crippen molar-refractivity contribution in [2.45, 2.75) is 12.5 Å². The number of fused-ring (bicyclic) bond motifs is 1. The smallest absolute Gasteiger partial charge is 0.345 e. The van der Waals surface area contributed by atoms with Gasteiger partial charge in [-0.1, -0.05) is 72.3 Å². The van der Waals surface area contributed by atoms with E-state index in [4.69, 9.17) is 31.5 Å². The van der Waals surface area contributed by atoms with Crippen LogP contribution in [0.4, 0.5) is 0 Å². The van der Waals surface area contributed by atoms with Gasteiger partial charge in [-0.3, -0.25) is 0 Å². The fourth-order valence-electron chi connectivity index (χ4n) is 4.13. The summed E-state index contributed by atoms with van der Waals surface area (Å²) < 4.78 is 17.1. The molecule has 0 radical (unpaired) electrons. The number of ether oxygens (including phenoxy) is 3. The van der Waals surface area contributed by atoms with Crippen LogP contribution in [0.3, 0.4) is 0 Å². The number of carbonyl (C=O) groups is 1. The summed E-state index contributed by atoms with van der Waals surface area (Å²) in [6.07, 6.45) is 0. The lowest BCUT2D eigenvalue weighted by molar-refractivity contribution is 0.0734. The Morgan fingerprint density at radius 2 is 1.65 bits per heavy atom. The first-order valence-electron chi connectivity index (χ1n) is 11.5. The highest BCUT2D eigenvalue weighted by atomic mass is 35.5. The van der Waals surface area contributed by atoms with Crippen LogP contribution in [-0.2, 0) is 6.61 Å². The largest absolute Gasteiger partial charge is 0.489 e. The number of carbonyl (C=O) groups excluding carboxylic acids is 1. The van der Waals surface area contributed by atoms with Crippen LogP contribution in [0.25, 0.3) is 0 Å². The van der Waals surface area contributed by atoms with Crippen LogP contribution in [0.5, 0.6) is 17.2 Å². The molecule has 6 nitrogen and oxygen atoms in total. The Morgan fingerprint density at radius 3 is 2.38 bits per heavy atom. The lowest BCUT2D eigenvalue weighted by Gasteiger charge is -2.26. The van der Waals surface area contributed by atoms with Gasteiger partial charge in [0.15, 0.2) is 0 Å². The standard InChI is InChI=1S/C30H21ClN2O4/c31-26-9-5-4-8-23(26)30(34)36-22-14-15-24-27(16-22)37-29(33)25(17-32)28(24)20-10-12-21(13-11-20)35-18-19-6-2-1-3-7-19/h1-16,28H,18,33H2. The Kier molecular flexibility index (Phi) is 6.80. The summed E-state index contributed by atoms with van der Waals surface area (Å²) in [6.45, 7) is 0.451. The maximum absolute atomic E-state index is 12.6. The van der Waals surface area contributed by atoms with Crippen molar-refractivity contribution in [3.8, 4) is 23.3 Å². The summed E-state index contributed by atoms with van der Waals surface area (Å²) in [5, 5.41) is 10.1. The van der Waals surface area contributed by atoms with Crippen LogP contribution in [0.1, 0.15) is 33.0 Å². The first-order valence-corrected chi connectivity index (χ1v) is 11.9. The van der Waals surface area contributed by atoms with E-state index in [9.17, 15) is 10.1 Å². The van der Waals surface area contributed by atoms with Crippen molar-refractivity contribution in [2.24, 2.45) is 5.73 Å². The third kappa shape index (κ3) is 5.13. The summed E-state index contributed by atoms with van der Waals surface area (Å²) in [5.41, 5.74) is 9.31. The van der Waals surface area contributed by atoms with Crippen LogP contribution >= 0.6 is 11.6 Å². The summed E-state index contributed by atoms with van der Waals surface area (Å²) >= 11 is 6.11. The molecule has 0 saturated carbocycles. The van der Waals surface area contributed by atoms with Crippen molar-refractivity contribution in [3.05, 3.63) is 136 Å². The topological polar surface area (TPSA) is 94.6 Å². The number of nitriles is 1. The normalized spacial score (nSPS) is 14.2. The summed E-state index contributed by atoms with van der Waals surface area (Å²) in [4.78, 5) is 12.6. The van der Waals surface area contributed by atoms with Crippen molar-refractivity contribution in [3.63, 3.8) is 0 Å². The molecule has 7 heteroatoms. The van der Waals surface area contributed by atoms with Gasteiger partial charge in [-0.2, -0.15) is 5.26 Å². The molecule has 1 unspecified atom stereocenters. The molecule has 1 heterocycles. The molecule has 4 aromatic rings. The van der Waals surface area contributed by atoms with Gasteiger partial charge >= 0.3 is 5.97 Å². The molecule has 0 saturated heterocycles. The van der Waals surface area contributed by atoms with Crippen molar-refractivity contribution in [1.82, 2.24) is 0 Å². The van der Waals surface area contributed by atoms with E-state index in [1.54, 1.807) is 42.5 Å². The number of allylic oxidation sites excluding steroid dienone is 1. The summed E-state index contributed by atoms with van der Waals surface area (Å²) in [5.74, 6) is 0.322. The lowest BCUT2D eigenvalue weighted by Crippen LogP contribution is -2.21. The maximum Gasteiger partial charge on any atom is 0.345 e. The lowest BCUT2D eigenvalue weighted by atomic mass is 9.83. The first-order chi connectivity index (χ1) is 18.0. The number of hydrogen-bond donors (Lipinski definition) is 1. The zero-order valence-corrected chi connectivity index (χ0v) is 20.3. The first kappa shape index (κ1) is 24.0. The third-order valence-corrected chi connectivity index (χ3v) is 6.29. The van der Waals surface area contributed by atoms with Crippen LogP contribution in [0.2, 0.25) is 5.02 Å². The fourth-order valence-corrected chi connectivity index (χ4v) is 4.34. The number of esters is 1. The van der Waals surface area contributed by atoms with Gasteiger partial charge in [0, 0.05) is 11.6 Å². The van der Waals surface area contributed by atoms with E-state index < -0.39 is 11.9 Å². The van der Waals surface area contributed by atoms with Gasteiger partial charge in [0.1, 0.15) is 35.5 Å². The molecular weight excluding hydrogens is 488 g/mol. The van der Waals surface area contributed by atoms with Gasteiger partial charge in [0.05, 0.1) is 16.5 Å². The number of halogens is 1. The Labute approximate surface area is 219 Å². The van der Waals surface area contributed by atoms with Gasteiger partial charge in [-0.15, -0.1) is 0 Å². The highest BCUT2D eigenvalue weighted by molar-refractivity contribution is 6.33. The molecule has 0 bridgehead atoms. The average Bonchev–Trinajstić information content (AvgIpc) is 2.92. The zero-order valence-electron chi connectivity index (χ0n) is 19.6. The maximum atomic E-state index is 12.6. The molecule has 182 valence electrons.